The maximum absolute atomic E-state index is 12.4. The first-order valence-corrected chi connectivity index (χ1v) is 4.53. The third kappa shape index (κ3) is 3.96. The molecule has 0 saturated carbocycles. The summed E-state index contributed by atoms with van der Waals surface area (Å²) in [6.07, 6.45) is -4.79. The maximum atomic E-state index is 12.4. The number of halogens is 4. The summed E-state index contributed by atoms with van der Waals surface area (Å²) in [7, 11) is 0. The Bertz CT molecular complexity index is 349. The molecule has 1 aromatic rings. The van der Waals surface area contributed by atoms with E-state index in [2.05, 4.69) is 4.74 Å². The van der Waals surface area contributed by atoms with Crippen molar-refractivity contribution in [3.63, 3.8) is 0 Å². The van der Waals surface area contributed by atoms with Gasteiger partial charge in [0.05, 0.1) is 6.61 Å². The lowest BCUT2D eigenvalue weighted by molar-refractivity contribution is -0.274. The van der Waals surface area contributed by atoms with Crippen LogP contribution in [0.3, 0.4) is 0 Å². The third-order valence-electron chi connectivity index (χ3n) is 1.64. The highest BCUT2D eigenvalue weighted by Gasteiger charge is 2.31. The van der Waals surface area contributed by atoms with Gasteiger partial charge in [-0.25, -0.2) is 4.39 Å². The van der Waals surface area contributed by atoms with Gasteiger partial charge in [0.25, 0.3) is 0 Å². The molecule has 0 radical (unpaired) electrons. The Morgan fingerprint density at radius 2 is 1.75 bits per heavy atom. The summed E-state index contributed by atoms with van der Waals surface area (Å²) in [5.74, 6) is -0.331. The number of ether oxygens (including phenoxy) is 2. The molecule has 0 spiro atoms. The van der Waals surface area contributed by atoms with E-state index >= 15 is 0 Å². The average molecular weight is 238 g/mol. The molecule has 0 unspecified atom stereocenters. The Balaban J connectivity index is 2.95. The fourth-order valence-electron chi connectivity index (χ4n) is 1.15. The van der Waals surface area contributed by atoms with Gasteiger partial charge in [-0.2, -0.15) is 0 Å². The lowest BCUT2D eigenvalue weighted by atomic mass is 10.2. The molecule has 0 aliphatic rings. The second-order valence-corrected chi connectivity index (χ2v) is 2.93. The summed E-state index contributed by atoms with van der Waals surface area (Å²) in [5.41, 5.74) is 0.0743. The molecule has 0 N–H and O–H groups in total. The van der Waals surface area contributed by atoms with E-state index in [1.165, 1.54) is 6.07 Å². The molecule has 2 nitrogen and oxygen atoms in total. The van der Waals surface area contributed by atoms with Gasteiger partial charge in [-0.1, -0.05) is 0 Å². The zero-order chi connectivity index (χ0) is 12.2. The second kappa shape index (κ2) is 5.05. The van der Waals surface area contributed by atoms with E-state index in [0.29, 0.717) is 0 Å². The van der Waals surface area contributed by atoms with Gasteiger partial charge in [-0.05, 0) is 24.6 Å². The molecule has 90 valence electrons. The topological polar surface area (TPSA) is 18.5 Å². The first-order valence-electron chi connectivity index (χ1n) is 4.53. The molecule has 0 bridgehead atoms. The van der Waals surface area contributed by atoms with E-state index in [0.717, 1.165) is 12.1 Å². The second-order valence-electron chi connectivity index (χ2n) is 2.93. The molecule has 0 amide bonds. The number of hydrogen-bond acceptors (Lipinski definition) is 2. The molecule has 16 heavy (non-hydrogen) atoms. The van der Waals surface area contributed by atoms with Crippen LogP contribution in [0.2, 0.25) is 0 Å². The monoisotopic (exact) mass is 238 g/mol. The SMILES string of the molecule is CCOc1cc(CF)cc(OC(F)(F)F)c1. The average Bonchev–Trinajstić information content (AvgIpc) is 2.15. The molecule has 0 aromatic heterocycles. The first-order chi connectivity index (χ1) is 7.44. The predicted octanol–water partition coefficient (Wildman–Crippen LogP) is 3.45. The van der Waals surface area contributed by atoms with Crippen molar-refractivity contribution in [3.05, 3.63) is 23.8 Å². The van der Waals surface area contributed by atoms with Crippen LogP contribution in [-0.4, -0.2) is 13.0 Å². The lowest BCUT2D eigenvalue weighted by Crippen LogP contribution is -2.17. The number of rotatable bonds is 4. The Morgan fingerprint density at radius 1 is 1.12 bits per heavy atom. The normalized spacial score (nSPS) is 11.3. The van der Waals surface area contributed by atoms with E-state index in [-0.39, 0.29) is 17.9 Å². The summed E-state index contributed by atoms with van der Waals surface area (Å²) in [6, 6.07) is 3.37. The number of hydrogen-bond donors (Lipinski definition) is 0. The maximum Gasteiger partial charge on any atom is 0.573 e. The largest absolute Gasteiger partial charge is 0.573 e. The molecule has 6 heteroatoms. The Labute approximate surface area is 89.8 Å². The summed E-state index contributed by atoms with van der Waals surface area (Å²) < 4.78 is 56.9. The van der Waals surface area contributed by atoms with Crippen molar-refractivity contribution in [2.24, 2.45) is 0 Å². The summed E-state index contributed by atoms with van der Waals surface area (Å²) in [5, 5.41) is 0. The smallest absolute Gasteiger partial charge is 0.494 e. The van der Waals surface area contributed by atoms with Gasteiger partial charge >= 0.3 is 6.36 Å². The van der Waals surface area contributed by atoms with E-state index in [1.54, 1.807) is 6.92 Å². The van der Waals surface area contributed by atoms with Crippen LogP contribution in [0.1, 0.15) is 12.5 Å². The van der Waals surface area contributed by atoms with Crippen LogP contribution >= 0.6 is 0 Å². The van der Waals surface area contributed by atoms with Gasteiger partial charge in [-0.3, -0.25) is 0 Å². The van der Waals surface area contributed by atoms with Crippen LogP contribution in [0, 0.1) is 0 Å². The molecular weight excluding hydrogens is 228 g/mol. The van der Waals surface area contributed by atoms with E-state index in [9.17, 15) is 17.6 Å². The van der Waals surface area contributed by atoms with E-state index < -0.39 is 18.8 Å². The first kappa shape index (κ1) is 12.6. The molecular formula is C10H10F4O2. The van der Waals surface area contributed by atoms with Crippen molar-refractivity contribution in [3.8, 4) is 11.5 Å². The molecule has 0 atom stereocenters. The van der Waals surface area contributed by atoms with Crippen LogP contribution in [0.15, 0.2) is 18.2 Å². The van der Waals surface area contributed by atoms with Gasteiger partial charge < -0.3 is 9.47 Å². The Kier molecular flexibility index (Phi) is 3.98. The Hall–Kier alpha value is -1.46. The summed E-state index contributed by atoms with van der Waals surface area (Å²) >= 11 is 0. The van der Waals surface area contributed by atoms with Crippen LogP contribution in [0.4, 0.5) is 17.6 Å². The minimum Gasteiger partial charge on any atom is -0.494 e. The zero-order valence-corrected chi connectivity index (χ0v) is 8.47. The molecule has 0 saturated heterocycles. The van der Waals surface area contributed by atoms with Crippen molar-refractivity contribution in [2.45, 2.75) is 20.0 Å². The van der Waals surface area contributed by atoms with Crippen molar-refractivity contribution in [1.82, 2.24) is 0 Å². The third-order valence-corrected chi connectivity index (χ3v) is 1.64. The zero-order valence-electron chi connectivity index (χ0n) is 8.47. The molecule has 1 rings (SSSR count). The standard InChI is InChI=1S/C10H10F4O2/c1-2-15-8-3-7(6-11)4-9(5-8)16-10(12,13)14/h3-5H,2,6H2,1H3. The van der Waals surface area contributed by atoms with Crippen molar-refractivity contribution < 1.29 is 27.0 Å². The number of alkyl halides is 4. The quantitative estimate of drug-likeness (QED) is 0.748. The summed E-state index contributed by atoms with van der Waals surface area (Å²) in [4.78, 5) is 0. The fraction of sp³-hybridized carbons (Fsp3) is 0.400. The molecule has 1 aromatic carbocycles. The molecule has 0 fully saturated rings. The van der Waals surface area contributed by atoms with E-state index in [1.807, 2.05) is 0 Å². The minimum absolute atomic E-state index is 0.0743. The van der Waals surface area contributed by atoms with Crippen molar-refractivity contribution in [2.75, 3.05) is 6.61 Å². The van der Waals surface area contributed by atoms with Crippen LogP contribution in [-0.2, 0) is 6.67 Å². The number of benzene rings is 1. The summed E-state index contributed by atoms with van der Waals surface area (Å²) in [6.45, 7) is 1.07. The van der Waals surface area contributed by atoms with E-state index in [4.69, 9.17) is 4.74 Å². The van der Waals surface area contributed by atoms with Crippen molar-refractivity contribution in [1.29, 1.82) is 0 Å². The van der Waals surface area contributed by atoms with Crippen LogP contribution in [0.25, 0.3) is 0 Å². The molecule has 0 heterocycles. The fourth-order valence-corrected chi connectivity index (χ4v) is 1.15. The Morgan fingerprint density at radius 3 is 2.25 bits per heavy atom. The van der Waals surface area contributed by atoms with Crippen molar-refractivity contribution >= 4 is 0 Å². The highest BCUT2D eigenvalue weighted by molar-refractivity contribution is 5.38. The highest BCUT2D eigenvalue weighted by atomic mass is 19.4. The molecule has 0 aliphatic carbocycles. The van der Waals surface area contributed by atoms with Gasteiger partial charge in [0.2, 0.25) is 0 Å². The van der Waals surface area contributed by atoms with Gasteiger partial charge in [-0.15, -0.1) is 13.2 Å². The highest BCUT2D eigenvalue weighted by Crippen LogP contribution is 2.28. The van der Waals surface area contributed by atoms with Gasteiger partial charge in [0.15, 0.2) is 0 Å². The van der Waals surface area contributed by atoms with Gasteiger partial charge in [0, 0.05) is 6.07 Å². The van der Waals surface area contributed by atoms with Gasteiger partial charge in [0.1, 0.15) is 18.2 Å². The van der Waals surface area contributed by atoms with Crippen LogP contribution < -0.4 is 9.47 Å². The van der Waals surface area contributed by atoms with Crippen LogP contribution in [0.5, 0.6) is 11.5 Å². The molecule has 0 aliphatic heterocycles. The minimum atomic E-state index is -4.79. The lowest BCUT2D eigenvalue weighted by Gasteiger charge is -2.11. The predicted molar refractivity (Wildman–Crippen MR) is 49.1 cm³/mol.